The van der Waals surface area contributed by atoms with Crippen LogP contribution in [-0.2, 0) is 0 Å². The topological polar surface area (TPSA) is 30.7 Å². The minimum atomic E-state index is -2.67. The van der Waals surface area contributed by atoms with E-state index in [4.69, 9.17) is 9.97 Å². The van der Waals surface area contributed by atoms with E-state index in [2.05, 4.69) is 131 Å². The van der Waals surface area contributed by atoms with Gasteiger partial charge in [0.1, 0.15) is 0 Å². The van der Waals surface area contributed by atoms with E-state index in [1.165, 1.54) is 36.3 Å². The Morgan fingerprint density at radius 2 is 1.32 bits per heavy atom. The van der Waals surface area contributed by atoms with Gasteiger partial charge in [0, 0.05) is 0 Å². The Labute approximate surface area is 223 Å². The van der Waals surface area contributed by atoms with E-state index < -0.39 is 13.3 Å². The van der Waals surface area contributed by atoms with Gasteiger partial charge in [-0.05, 0) is 0 Å². The van der Waals surface area contributed by atoms with E-state index in [1.807, 2.05) is 0 Å². The molecule has 3 heterocycles. The first-order chi connectivity index (χ1) is 18.6. The van der Waals surface area contributed by atoms with Gasteiger partial charge >= 0.3 is 224 Å². The summed E-state index contributed by atoms with van der Waals surface area (Å²) in [4.78, 5) is 10.7. The molecule has 4 heteroatoms. The third kappa shape index (κ3) is 2.91. The standard InChI is InChI=1S/C34H25GeN3/c1-35(2)28-18-10-8-16-25(28)30-26-17-9-11-19-29(26)38(33(30)35)34-36-31(23-13-4-3-5-14-23)27-21-20-22-12-6-7-15-24(22)32(27)37-34/h3-21H,1-2H3. The quantitative estimate of drug-likeness (QED) is 0.169. The van der Waals surface area contributed by atoms with Crippen LogP contribution in [0.25, 0.3) is 60.9 Å². The molecule has 0 saturated carbocycles. The molecular weight excluding hydrogens is 523 g/mol. The molecule has 8 rings (SSSR count). The van der Waals surface area contributed by atoms with Gasteiger partial charge in [0.2, 0.25) is 0 Å². The van der Waals surface area contributed by atoms with Crippen LogP contribution in [0.2, 0.25) is 11.5 Å². The van der Waals surface area contributed by atoms with Gasteiger partial charge in [-0.1, -0.05) is 0 Å². The monoisotopic (exact) mass is 549 g/mol. The van der Waals surface area contributed by atoms with Crippen LogP contribution < -0.4 is 8.92 Å². The van der Waals surface area contributed by atoms with Crippen molar-refractivity contribution in [2.75, 3.05) is 0 Å². The summed E-state index contributed by atoms with van der Waals surface area (Å²) in [6.45, 7) is 0. The third-order valence-corrected chi connectivity index (χ3v) is 15.4. The van der Waals surface area contributed by atoms with Crippen molar-refractivity contribution in [3.8, 4) is 28.3 Å². The molecule has 5 aromatic carbocycles. The van der Waals surface area contributed by atoms with Crippen molar-refractivity contribution < 1.29 is 0 Å². The van der Waals surface area contributed by atoms with Gasteiger partial charge < -0.3 is 0 Å². The predicted octanol–water partition coefficient (Wildman–Crippen LogP) is 7.20. The summed E-state index contributed by atoms with van der Waals surface area (Å²) in [6, 6.07) is 41.2. The first-order valence-corrected chi connectivity index (χ1v) is 19.4. The number of para-hydroxylation sites is 1. The zero-order chi connectivity index (χ0) is 25.4. The van der Waals surface area contributed by atoms with Gasteiger partial charge in [0.25, 0.3) is 0 Å². The van der Waals surface area contributed by atoms with Crippen LogP contribution in [0.4, 0.5) is 0 Å². The summed E-state index contributed by atoms with van der Waals surface area (Å²) >= 11 is -2.67. The van der Waals surface area contributed by atoms with E-state index in [-0.39, 0.29) is 0 Å². The number of aromatic nitrogens is 3. The summed E-state index contributed by atoms with van der Waals surface area (Å²) in [6.07, 6.45) is 0. The molecule has 0 unspecified atom stereocenters. The van der Waals surface area contributed by atoms with Crippen LogP contribution in [0.15, 0.2) is 115 Å². The SMILES string of the molecule is [CH3][Ge]1([CH3])[c]2ccccc2-c2[c]1n(-c1nc(-c3ccccc3)c3ccc4ccccc4c3n1)c1ccccc21. The van der Waals surface area contributed by atoms with Crippen molar-refractivity contribution in [2.24, 2.45) is 0 Å². The van der Waals surface area contributed by atoms with Crippen molar-refractivity contribution in [1.29, 1.82) is 0 Å². The molecule has 180 valence electrons. The molecule has 0 saturated heterocycles. The molecule has 0 bridgehead atoms. The predicted molar refractivity (Wildman–Crippen MR) is 161 cm³/mol. The average molecular weight is 548 g/mol. The van der Waals surface area contributed by atoms with Gasteiger partial charge in [-0.15, -0.1) is 0 Å². The molecule has 0 amide bonds. The van der Waals surface area contributed by atoms with E-state index in [9.17, 15) is 0 Å². The zero-order valence-electron chi connectivity index (χ0n) is 21.3. The molecule has 0 spiro atoms. The van der Waals surface area contributed by atoms with E-state index in [0.29, 0.717) is 0 Å². The maximum atomic E-state index is 5.37. The second kappa shape index (κ2) is 7.89. The molecule has 2 aromatic heterocycles. The van der Waals surface area contributed by atoms with Crippen LogP contribution in [-0.4, -0.2) is 27.8 Å². The van der Waals surface area contributed by atoms with Gasteiger partial charge in [0.05, 0.1) is 0 Å². The fourth-order valence-corrected chi connectivity index (χ4v) is 13.4. The van der Waals surface area contributed by atoms with Gasteiger partial charge in [-0.25, -0.2) is 0 Å². The summed E-state index contributed by atoms with van der Waals surface area (Å²) in [7, 11) is 0. The fraction of sp³-hybridized carbons (Fsp3) is 0.0588. The molecule has 0 N–H and O–H groups in total. The molecule has 0 radical (unpaired) electrons. The molecule has 7 aromatic rings. The van der Waals surface area contributed by atoms with Crippen molar-refractivity contribution in [2.45, 2.75) is 11.5 Å². The summed E-state index contributed by atoms with van der Waals surface area (Å²) in [5, 5.41) is 4.71. The Morgan fingerprint density at radius 1 is 0.605 bits per heavy atom. The molecular formula is C34H25GeN3. The zero-order valence-corrected chi connectivity index (χ0v) is 23.4. The Morgan fingerprint density at radius 3 is 2.18 bits per heavy atom. The number of fused-ring (bicyclic) bond motifs is 8. The summed E-state index contributed by atoms with van der Waals surface area (Å²) in [5.41, 5.74) is 7.03. The second-order valence-electron chi connectivity index (χ2n) is 10.7. The molecule has 0 atom stereocenters. The first-order valence-electron chi connectivity index (χ1n) is 13.1. The molecule has 1 aliphatic heterocycles. The second-order valence-corrected chi connectivity index (χ2v) is 19.6. The average Bonchev–Trinajstić information content (AvgIpc) is 3.44. The molecule has 0 aliphatic carbocycles. The van der Waals surface area contributed by atoms with Gasteiger partial charge in [0.15, 0.2) is 0 Å². The number of hydrogen-bond acceptors (Lipinski definition) is 2. The van der Waals surface area contributed by atoms with Crippen molar-refractivity contribution in [3.63, 3.8) is 0 Å². The number of rotatable bonds is 2. The Balaban J connectivity index is 1.55. The number of nitrogens with zero attached hydrogens (tertiary/aromatic N) is 3. The Bertz CT molecular complexity index is 2050. The van der Waals surface area contributed by atoms with Gasteiger partial charge in [-0.3, -0.25) is 0 Å². The van der Waals surface area contributed by atoms with Crippen LogP contribution in [0.5, 0.6) is 0 Å². The normalized spacial score (nSPS) is 13.7. The summed E-state index contributed by atoms with van der Waals surface area (Å²) < 4.78 is 5.37. The molecule has 3 nitrogen and oxygen atoms in total. The number of benzene rings is 5. The van der Waals surface area contributed by atoms with Crippen LogP contribution in [0, 0.1) is 0 Å². The maximum absolute atomic E-state index is 5.37. The van der Waals surface area contributed by atoms with Crippen LogP contribution >= 0.6 is 0 Å². The van der Waals surface area contributed by atoms with Crippen LogP contribution in [0.3, 0.4) is 0 Å². The third-order valence-electron chi connectivity index (χ3n) is 8.16. The Hall–Kier alpha value is -4.22. The molecule has 0 fully saturated rings. The Kier molecular flexibility index (Phi) is 4.53. The van der Waals surface area contributed by atoms with E-state index >= 15 is 0 Å². The van der Waals surface area contributed by atoms with Crippen molar-refractivity contribution in [3.05, 3.63) is 115 Å². The van der Waals surface area contributed by atoms with Crippen molar-refractivity contribution in [1.82, 2.24) is 14.5 Å². The molecule has 38 heavy (non-hydrogen) atoms. The van der Waals surface area contributed by atoms with E-state index in [0.717, 1.165) is 33.5 Å². The van der Waals surface area contributed by atoms with Crippen molar-refractivity contribution >= 4 is 54.8 Å². The number of hydrogen-bond donors (Lipinski definition) is 0. The first kappa shape index (κ1) is 21.8. The van der Waals surface area contributed by atoms with Crippen LogP contribution in [0.1, 0.15) is 0 Å². The van der Waals surface area contributed by atoms with Gasteiger partial charge in [-0.2, -0.15) is 0 Å². The minimum absolute atomic E-state index is 0.761. The fourth-order valence-electron chi connectivity index (χ4n) is 6.45. The summed E-state index contributed by atoms with van der Waals surface area (Å²) in [5.74, 6) is 5.78. The van der Waals surface area contributed by atoms with E-state index in [1.54, 1.807) is 0 Å². The molecule has 1 aliphatic rings.